The van der Waals surface area contributed by atoms with Gasteiger partial charge in [0.05, 0.1) is 0 Å². The van der Waals surface area contributed by atoms with Gasteiger partial charge in [0.1, 0.15) is 5.75 Å². The molecule has 3 heteroatoms. The lowest BCUT2D eigenvalue weighted by molar-refractivity contribution is 0.475. The summed E-state index contributed by atoms with van der Waals surface area (Å²) in [6, 6.07) is 7.14. The molecule has 0 saturated carbocycles. The molecule has 0 radical (unpaired) electrons. The van der Waals surface area contributed by atoms with Crippen molar-refractivity contribution in [2.75, 3.05) is 0 Å². The standard InChI is InChI=1S/C10H10N2O/c13-10-3-1-8(2-4-10)9-5-6-11-12-7-9/h1-7,9,11,13H. The third kappa shape index (κ3) is 1.69. The smallest absolute Gasteiger partial charge is 0.115 e. The average molecular weight is 174 g/mol. The van der Waals surface area contributed by atoms with E-state index in [0.29, 0.717) is 5.75 Å². The van der Waals surface area contributed by atoms with Gasteiger partial charge in [0.25, 0.3) is 0 Å². The molecule has 2 rings (SSSR count). The average Bonchev–Trinajstić information content (AvgIpc) is 2.20. The number of hydrazone groups is 1. The van der Waals surface area contributed by atoms with E-state index in [4.69, 9.17) is 5.11 Å². The molecule has 0 amide bonds. The van der Waals surface area contributed by atoms with E-state index in [-0.39, 0.29) is 5.92 Å². The number of allylic oxidation sites excluding steroid dienone is 1. The first kappa shape index (κ1) is 7.86. The highest BCUT2D eigenvalue weighted by atomic mass is 16.3. The van der Waals surface area contributed by atoms with Crippen molar-refractivity contribution in [2.24, 2.45) is 5.10 Å². The van der Waals surface area contributed by atoms with Gasteiger partial charge in [0, 0.05) is 18.3 Å². The van der Waals surface area contributed by atoms with E-state index in [9.17, 15) is 0 Å². The van der Waals surface area contributed by atoms with Gasteiger partial charge in [-0.05, 0) is 17.7 Å². The SMILES string of the molecule is Oc1ccc(C2C=CNN=C2)cc1. The Hall–Kier alpha value is -1.77. The first-order chi connectivity index (χ1) is 6.36. The molecule has 0 aliphatic carbocycles. The fraction of sp³-hybridized carbons (Fsp3) is 0.100. The predicted molar refractivity (Wildman–Crippen MR) is 51.6 cm³/mol. The van der Waals surface area contributed by atoms with Gasteiger partial charge >= 0.3 is 0 Å². The number of hydrogen-bond donors (Lipinski definition) is 2. The minimum absolute atomic E-state index is 0.210. The third-order valence-corrected chi connectivity index (χ3v) is 1.97. The maximum atomic E-state index is 9.09. The predicted octanol–water partition coefficient (Wildman–Crippen LogP) is 1.58. The maximum Gasteiger partial charge on any atom is 0.115 e. The van der Waals surface area contributed by atoms with Crippen LogP contribution >= 0.6 is 0 Å². The zero-order chi connectivity index (χ0) is 9.10. The highest BCUT2D eigenvalue weighted by Crippen LogP contribution is 2.19. The lowest BCUT2D eigenvalue weighted by Gasteiger charge is -2.10. The molecule has 0 saturated heterocycles. The molecule has 1 aliphatic heterocycles. The van der Waals surface area contributed by atoms with Crippen LogP contribution in [-0.2, 0) is 0 Å². The van der Waals surface area contributed by atoms with Crippen molar-refractivity contribution in [2.45, 2.75) is 5.92 Å². The van der Waals surface area contributed by atoms with Crippen molar-refractivity contribution in [1.29, 1.82) is 0 Å². The fourth-order valence-electron chi connectivity index (χ4n) is 1.26. The van der Waals surface area contributed by atoms with Crippen molar-refractivity contribution in [3.8, 4) is 5.75 Å². The van der Waals surface area contributed by atoms with E-state index in [2.05, 4.69) is 10.5 Å². The van der Waals surface area contributed by atoms with Gasteiger partial charge < -0.3 is 5.11 Å². The summed E-state index contributed by atoms with van der Waals surface area (Å²) in [4.78, 5) is 0. The van der Waals surface area contributed by atoms with Crippen LogP contribution in [0.15, 0.2) is 41.6 Å². The molecule has 1 aliphatic rings. The molecule has 0 fully saturated rings. The number of phenols is 1. The molecule has 1 heterocycles. The number of hydrogen-bond acceptors (Lipinski definition) is 3. The van der Waals surface area contributed by atoms with E-state index >= 15 is 0 Å². The zero-order valence-corrected chi connectivity index (χ0v) is 7.01. The molecular weight excluding hydrogens is 164 g/mol. The van der Waals surface area contributed by atoms with Gasteiger partial charge in [-0.25, -0.2) is 0 Å². The molecule has 2 N–H and O–H groups in total. The summed E-state index contributed by atoms with van der Waals surface area (Å²) in [6.45, 7) is 0. The van der Waals surface area contributed by atoms with Crippen LogP contribution in [0.1, 0.15) is 11.5 Å². The van der Waals surface area contributed by atoms with Crippen LogP contribution in [0.2, 0.25) is 0 Å². The second-order valence-electron chi connectivity index (χ2n) is 2.88. The molecular formula is C10H10N2O. The summed E-state index contributed by atoms with van der Waals surface area (Å²) in [7, 11) is 0. The number of rotatable bonds is 1. The van der Waals surface area contributed by atoms with Crippen molar-refractivity contribution in [3.05, 3.63) is 42.1 Å². The molecule has 13 heavy (non-hydrogen) atoms. The molecule has 0 aromatic heterocycles. The maximum absolute atomic E-state index is 9.09. The van der Waals surface area contributed by atoms with Gasteiger partial charge in [-0.2, -0.15) is 5.10 Å². The lowest BCUT2D eigenvalue weighted by Crippen LogP contribution is -2.07. The topological polar surface area (TPSA) is 44.6 Å². The van der Waals surface area contributed by atoms with Crippen LogP contribution in [0.25, 0.3) is 0 Å². The summed E-state index contributed by atoms with van der Waals surface area (Å²) in [5.74, 6) is 0.500. The largest absolute Gasteiger partial charge is 0.508 e. The normalized spacial score (nSPS) is 19.8. The molecule has 66 valence electrons. The Bertz CT molecular complexity index is 328. The summed E-state index contributed by atoms with van der Waals surface area (Å²) in [5.41, 5.74) is 3.86. The molecule has 1 aromatic rings. The Morgan fingerprint density at radius 2 is 2.00 bits per heavy atom. The number of benzene rings is 1. The van der Waals surface area contributed by atoms with E-state index in [1.165, 1.54) is 0 Å². The first-order valence-corrected chi connectivity index (χ1v) is 4.10. The van der Waals surface area contributed by atoms with Crippen LogP contribution in [0.3, 0.4) is 0 Å². The number of phenolic OH excluding ortho intramolecular Hbond substituents is 1. The minimum Gasteiger partial charge on any atom is -0.508 e. The second-order valence-corrected chi connectivity index (χ2v) is 2.88. The van der Waals surface area contributed by atoms with Crippen LogP contribution in [0, 0.1) is 0 Å². The van der Waals surface area contributed by atoms with E-state index in [1.54, 1.807) is 18.3 Å². The first-order valence-electron chi connectivity index (χ1n) is 4.10. The monoisotopic (exact) mass is 174 g/mol. The van der Waals surface area contributed by atoms with Gasteiger partial charge in [0.15, 0.2) is 0 Å². The number of nitrogens with zero attached hydrogens (tertiary/aromatic N) is 1. The van der Waals surface area contributed by atoms with Crippen molar-refractivity contribution in [1.82, 2.24) is 5.43 Å². The molecule has 0 bridgehead atoms. The van der Waals surface area contributed by atoms with Crippen LogP contribution in [0.5, 0.6) is 5.75 Å². The third-order valence-electron chi connectivity index (χ3n) is 1.97. The molecule has 1 aromatic carbocycles. The van der Waals surface area contributed by atoms with Crippen LogP contribution < -0.4 is 5.43 Å². The highest BCUT2D eigenvalue weighted by molar-refractivity contribution is 5.71. The Balaban J connectivity index is 2.25. The Morgan fingerprint density at radius 3 is 2.62 bits per heavy atom. The Labute approximate surface area is 76.4 Å². The molecule has 1 atom stereocenters. The quantitative estimate of drug-likeness (QED) is 0.678. The second kappa shape index (κ2) is 3.31. The number of aromatic hydroxyl groups is 1. The van der Waals surface area contributed by atoms with Gasteiger partial charge in [-0.15, -0.1) is 0 Å². The summed E-state index contributed by atoms with van der Waals surface area (Å²) in [5, 5.41) is 13.0. The van der Waals surface area contributed by atoms with E-state index < -0.39 is 0 Å². The number of nitrogens with one attached hydrogen (secondary N) is 1. The van der Waals surface area contributed by atoms with Gasteiger partial charge in [-0.3, -0.25) is 5.43 Å². The minimum atomic E-state index is 0.210. The van der Waals surface area contributed by atoms with E-state index in [1.807, 2.05) is 24.4 Å². The molecule has 3 nitrogen and oxygen atoms in total. The Morgan fingerprint density at radius 1 is 1.23 bits per heavy atom. The summed E-state index contributed by atoms with van der Waals surface area (Å²) in [6.07, 6.45) is 5.64. The van der Waals surface area contributed by atoms with Crippen molar-refractivity contribution in [3.63, 3.8) is 0 Å². The van der Waals surface area contributed by atoms with E-state index in [0.717, 1.165) is 5.56 Å². The van der Waals surface area contributed by atoms with Crippen LogP contribution in [0.4, 0.5) is 0 Å². The van der Waals surface area contributed by atoms with Crippen LogP contribution in [-0.4, -0.2) is 11.3 Å². The summed E-state index contributed by atoms with van der Waals surface area (Å²) >= 11 is 0. The van der Waals surface area contributed by atoms with Crippen molar-refractivity contribution < 1.29 is 5.11 Å². The Kier molecular flexibility index (Phi) is 2.00. The lowest BCUT2D eigenvalue weighted by atomic mass is 10.00. The molecule has 1 unspecified atom stereocenters. The summed E-state index contributed by atoms with van der Waals surface area (Å²) < 4.78 is 0. The highest BCUT2D eigenvalue weighted by Gasteiger charge is 2.06. The van der Waals surface area contributed by atoms with Gasteiger partial charge in [0.2, 0.25) is 0 Å². The fourth-order valence-corrected chi connectivity index (χ4v) is 1.26. The van der Waals surface area contributed by atoms with Crippen molar-refractivity contribution >= 4 is 6.21 Å². The zero-order valence-electron chi connectivity index (χ0n) is 7.01. The molecule has 0 spiro atoms. The van der Waals surface area contributed by atoms with Gasteiger partial charge in [-0.1, -0.05) is 18.2 Å².